The molecule has 0 amide bonds. The van der Waals surface area contributed by atoms with Crippen molar-refractivity contribution in [1.29, 1.82) is 0 Å². The molecule has 1 aromatic heterocycles. The number of hydrogen-bond acceptors (Lipinski definition) is 3. The summed E-state index contributed by atoms with van der Waals surface area (Å²) < 4.78 is 0. The minimum Gasteiger partial charge on any atom is -0.320 e. The van der Waals surface area contributed by atoms with Crippen molar-refractivity contribution < 1.29 is 0 Å². The van der Waals surface area contributed by atoms with E-state index >= 15 is 0 Å². The Morgan fingerprint density at radius 3 is 2.67 bits per heavy atom. The van der Waals surface area contributed by atoms with E-state index in [0.717, 1.165) is 19.6 Å². The highest BCUT2D eigenvalue weighted by Gasteiger charge is 1.98. The van der Waals surface area contributed by atoms with Gasteiger partial charge in [0.05, 0.1) is 0 Å². The molecule has 15 heavy (non-hydrogen) atoms. The molecule has 0 aliphatic rings. The SMILES string of the molecule is CNCCCCNCCc1sccc1C. The molecule has 0 aliphatic carbocycles. The van der Waals surface area contributed by atoms with Crippen molar-refractivity contribution in [1.82, 2.24) is 10.6 Å². The molecule has 0 saturated heterocycles. The lowest BCUT2D eigenvalue weighted by molar-refractivity contribution is 0.607. The van der Waals surface area contributed by atoms with Gasteiger partial charge < -0.3 is 10.6 Å². The Hall–Kier alpha value is -0.380. The molecular formula is C12H22N2S. The van der Waals surface area contributed by atoms with Crippen LogP contribution in [0.25, 0.3) is 0 Å². The van der Waals surface area contributed by atoms with Crippen LogP contribution in [0.1, 0.15) is 23.3 Å². The summed E-state index contributed by atoms with van der Waals surface area (Å²) in [5, 5.41) is 8.83. The third-order valence-corrected chi connectivity index (χ3v) is 3.61. The van der Waals surface area contributed by atoms with Gasteiger partial charge in [-0.1, -0.05) is 0 Å². The van der Waals surface area contributed by atoms with Crippen LogP contribution in [0, 0.1) is 6.92 Å². The largest absolute Gasteiger partial charge is 0.320 e. The van der Waals surface area contributed by atoms with Gasteiger partial charge in [0, 0.05) is 4.88 Å². The van der Waals surface area contributed by atoms with Crippen molar-refractivity contribution in [2.24, 2.45) is 0 Å². The van der Waals surface area contributed by atoms with E-state index in [1.807, 2.05) is 18.4 Å². The third-order valence-electron chi connectivity index (χ3n) is 2.53. The number of aryl methyl sites for hydroxylation is 1. The molecule has 1 aromatic rings. The van der Waals surface area contributed by atoms with Crippen LogP contribution in [-0.2, 0) is 6.42 Å². The molecule has 1 rings (SSSR count). The van der Waals surface area contributed by atoms with E-state index in [1.54, 1.807) is 0 Å². The van der Waals surface area contributed by atoms with Crippen molar-refractivity contribution in [2.45, 2.75) is 26.2 Å². The number of hydrogen-bond donors (Lipinski definition) is 2. The lowest BCUT2D eigenvalue weighted by atomic mass is 10.2. The average molecular weight is 226 g/mol. The van der Waals surface area contributed by atoms with Crippen LogP contribution in [0.4, 0.5) is 0 Å². The molecule has 3 heteroatoms. The fraction of sp³-hybridized carbons (Fsp3) is 0.667. The molecule has 0 radical (unpaired) electrons. The first-order chi connectivity index (χ1) is 7.34. The molecule has 86 valence electrons. The van der Waals surface area contributed by atoms with E-state index in [4.69, 9.17) is 0 Å². The lowest BCUT2D eigenvalue weighted by Crippen LogP contribution is -2.19. The average Bonchev–Trinajstić information content (AvgIpc) is 2.63. The molecule has 0 aromatic carbocycles. The Balaban J connectivity index is 1.96. The molecule has 2 nitrogen and oxygen atoms in total. The van der Waals surface area contributed by atoms with Crippen LogP contribution in [0.2, 0.25) is 0 Å². The molecule has 0 atom stereocenters. The molecular weight excluding hydrogens is 204 g/mol. The maximum Gasteiger partial charge on any atom is 0.00870 e. The summed E-state index contributed by atoms with van der Waals surface area (Å²) in [6.45, 7) is 5.58. The van der Waals surface area contributed by atoms with Gasteiger partial charge >= 0.3 is 0 Å². The molecule has 1 heterocycles. The highest BCUT2D eigenvalue weighted by Crippen LogP contribution is 2.15. The van der Waals surface area contributed by atoms with E-state index in [0.29, 0.717) is 0 Å². The van der Waals surface area contributed by atoms with Gasteiger partial charge in [-0.2, -0.15) is 0 Å². The summed E-state index contributed by atoms with van der Waals surface area (Å²) in [6.07, 6.45) is 3.71. The highest BCUT2D eigenvalue weighted by atomic mass is 32.1. The summed E-state index contributed by atoms with van der Waals surface area (Å²) in [5.74, 6) is 0. The van der Waals surface area contributed by atoms with Crippen molar-refractivity contribution in [3.05, 3.63) is 21.9 Å². The Labute approximate surface area is 97.1 Å². The topological polar surface area (TPSA) is 24.1 Å². The second kappa shape index (κ2) is 7.85. The fourth-order valence-electron chi connectivity index (χ4n) is 1.54. The molecule has 2 N–H and O–H groups in total. The minimum absolute atomic E-state index is 1.11. The van der Waals surface area contributed by atoms with Gasteiger partial charge in [-0.25, -0.2) is 0 Å². The minimum atomic E-state index is 1.11. The van der Waals surface area contributed by atoms with Crippen LogP contribution >= 0.6 is 11.3 Å². The lowest BCUT2D eigenvalue weighted by Gasteiger charge is -2.04. The van der Waals surface area contributed by atoms with Gasteiger partial charge in [0.1, 0.15) is 0 Å². The zero-order valence-electron chi connectivity index (χ0n) is 9.81. The molecule has 0 unspecified atom stereocenters. The molecule has 0 bridgehead atoms. The third kappa shape index (κ3) is 5.30. The zero-order chi connectivity index (χ0) is 10.9. The van der Waals surface area contributed by atoms with E-state index < -0.39 is 0 Å². The predicted molar refractivity (Wildman–Crippen MR) is 68.8 cm³/mol. The first kappa shape index (κ1) is 12.7. The number of thiophene rings is 1. The molecule has 0 aliphatic heterocycles. The Morgan fingerprint density at radius 2 is 2.00 bits per heavy atom. The number of rotatable bonds is 8. The smallest absolute Gasteiger partial charge is 0.00870 e. The highest BCUT2D eigenvalue weighted by molar-refractivity contribution is 7.10. The van der Waals surface area contributed by atoms with Gasteiger partial charge in [0.25, 0.3) is 0 Å². The Morgan fingerprint density at radius 1 is 1.20 bits per heavy atom. The number of unbranched alkanes of at least 4 members (excludes halogenated alkanes) is 1. The monoisotopic (exact) mass is 226 g/mol. The molecule has 0 spiro atoms. The summed E-state index contributed by atoms with van der Waals surface area (Å²) in [7, 11) is 2.01. The van der Waals surface area contributed by atoms with E-state index in [-0.39, 0.29) is 0 Å². The van der Waals surface area contributed by atoms with Gasteiger partial charge in [-0.15, -0.1) is 11.3 Å². The van der Waals surface area contributed by atoms with E-state index in [9.17, 15) is 0 Å². The Bertz CT molecular complexity index is 258. The first-order valence-electron chi connectivity index (χ1n) is 5.73. The van der Waals surface area contributed by atoms with E-state index in [1.165, 1.54) is 29.7 Å². The maximum atomic E-state index is 3.49. The van der Waals surface area contributed by atoms with Crippen LogP contribution in [0.15, 0.2) is 11.4 Å². The van der Waals surface area contributed by atoms with Crippen molar-refractivity contribution in [2.75, 3.05) is 26.7 Å². The maximum absolute atomic E-state index is 3.49. The van der Waals surface area contributed by atoms with Gasteiger partial charge in [0.15, 0.2) is 0 Å². The predicted octanol–water partition coefficient (Wildman–Crippen LogP) is 2.19. The van der Waals surface area contributed by atoms with Crippen LogP contribution < -0.4 is 10.6 Å². The summed E-state index contributed by atoms with van der Waals surface area (Å²) >= 11 is 1.87. The summed E-state index contributed by atoms with van der Waals surface area (Å²) in [5.41, 5.74) is 1.44. The Kier molecular flexibility index (Phi) is 6.64. The summed E-state index contributed by atoms with van der Waals surface area (Å²) in [6, 6.07) is 2.20. The first-order valence-corrected chi connectivity index (χ1v) is 6.61. The van der Waals surface area contributed by atoms with Crippen molar-refractivity contribution in [3.63, 3.8) is 0 Å². The summed E-state index contributed by atoms with van der Waals surface area (Å²) in [4.78, 5) is 1.53. The second-order valence-electron chi connectivity index (χ2n) is 3.84. The zero-order valence-corrected chi connectivity index (χ0v) is 10.6. The standard InChI is InChI=1S/C12H22N2S/c1-11-6-10-15-12(11)5-9-14-8-4-3-7-13-2/h6,10,13-14H,3-5,7-9H2,1-2H3. The number of nitrogens with one attached hydrogen (secondary N) is 2. The molecule has 0 fully saturated rings. The van der Waals surface area contributed by atoms with Gasteiger partial charge in [0.2, 0.25) is 0 Å². The van der Waals surface area contributed by atoms with Crippen molar-refractivity contribution in [3.8, 4) is 0 Å². The second-order valence-corrected chi connectivity index (χ2v) is 4.84. The van der Waals surface area contributed by atoms with Crippen LogP contribution in [0.3, 0.4) is 0 Å². The van der Waals surface area contributed by atoms with Gasteiger partial charge in [-0.05, 0) is 69.9 Å². The van der Waals surface area contributed by atoms with E-state index in [2.05, 4.69) is 29.0 Å². The fourth-order valence-corrected chi connectivity index (χ4v) is 2.45. The molecule has 0 saturated carbocycles. The van der Waals surface area contributed by atoms with Crippen LogP contribution in [-0.4, -0.2) is 26.7 Å². The van der Waals surface area contributed by atoms with Gasteiger partial charge in [-0.3, -0.25) is 0 Å². The van der Waals surface area contributed by atoms with Crippen molar-refractivity contribution >= 4 is 11.3 Å². The normalized spacial score (nSPS) is 10.8. The van der Waals surface area contributed by atoms with Crippen LogP contribution in [0.5, 0.6) is 0 Å². The quantitative estimate of drug-likeness (QED) is 0.664.